The number of phenolic OH excluding ortho intramolecular Hbond substituents is 1. The van der Waals surface area contributed by atoms with Gasteiger partial charge in [0.05, 0.1) is 0 Å². The van der Waals surface area contributed by atoms with E-state index < -0.39 is 0 Å². The van der Waals surface area contributed by atoms with Gasteiger partial charge in [-0.2, -0.15) is 0 Å². The lowest BCUT2D eigenvalue weighted by Gasteiger charge is -2.04. The van der Waals surface area contributed by atoms with E-state index in [1.165, 1.54) is 0 Å². The minimum absolute atomic E-state index is 0.335. The van der Waals surface area contributed by atoms with Gasteiger partial charge in [-0.3, -0.25) is 0 Å². The van der Waals surface area contributed by atoms with Gasteiger partial charge in [0, 0.05) is 0 Å². The van der Waals surface area contributed by atoms with Crippen LogP contribution in [0.15, 0.2) is 36.3 Å². The fraction of sp³-hybridized carbons (Fsp3) is 0.286. The largest absolute Gasteiger partial charge is 0.508 e. The van der Waals surface area contributed by atoms with Crippen molar-refractivity contribution in [1.29, 1.82) is 0 Å². The first-order chi connectivity index (χ1) is 7.69. The molecule has 0 atom stereocenters. The monoisotopic (exact) mass is 236 g/mol. The van der Waals surface area contributed by atoms with Gasteiger partial charge in [0.15, 0.2) is 0 Å². The van der Waals surface area contributed by atoms with Crippen LogP contribution in [0.1, 0.15) is 25.0 Å². The van der Waals surface area contributed by atoms with Gasteiger partial charge in [-0.15, -0.1) is 11.8 Å². The number of aryl methyl sites for hydroxylation is 1. The predicted octanol–water partition coefficient (Wildman–Crippen LogP) is 4.62. The number of phenols is 1. The van der Waals surface area contributed by atoms with Crippen molar-refractivity contribution in [3.05, 3.63) is 47.4 Å². The van der Waals surface area contributed by atoms with Crippen LogP contribution in [0.2, 0.25) is 0 Å². The maximum Gasteiger partial charge on any atom is 0.118 e. The van der Waals surface area contributed by atoms with Gasteiger partial charge in [0.25, 0.3) is 0 Å². The summed E-state index contributed by atoms with van der Waals surface area (Å²) in [5.41, 5.74) is 3.06. The Morgan fingerprint density at radius 3 is 2.44 bits per heavy atom. The number of hydrogen-bond donors (Lipinski definition) is 1. The zero-order chi connectivity index (χ0) is 12.6. The Bertz CT molecular complexity index is 367. The average molecular weight is 236 g/mol. The van der Waals surface area contributed by atoms with E-state index in [4.69, 9.17) is 0 Å². The lowest BCUT2D eigenvalue weighted by atomic mass is 10.0. The van der Waals surface area contributed by atoms with Crippen LogP contribution >= 0.6 is 11.8 Å². The number of rotatable bonds is 3. The van der Waals surface area contributed by atoms with Gasteiger partial charge in [0.2, 0.25) is 0 Å². The van der Waals surface area contributed by atoms with Crippen molar-refractivity contribution in [3.8, 4) is 5.75 Å². The van der Waals surface area contributed by atoms with Crippen LogP contribution in [-0.2, 0) is 0 Å². The van der Waals surface area contributed by atoms with E-state index in [1.807, 2.05) is 50.6 Å². The molecule has 1 aromatic rings. The van der Waals surface area contributed by atoms with Crippen LogP contribution in [-0.4, -0.2) is 11.4 Å². The molecule has 0 spiro atoms. The summed E-state index contributed by atoms with van der Waals surface area (Å²) in [5.74, 6) is 0.335. The summed E-state index contributed by atoms with van der Waals surface area (Å²) >= 11 is 1.64. The molecule has 0 radical (unpaired) electrons. The third kappa shape index (κ3) is 4.15. The highest BCUT2D eigenvalue weighted by molar-refractivity contribution is 8.01. The molecule has 0 aliphatic rings. The van der Waals surface area contributed by atoms with Crippen molar-refractivity contribution >= 4 is 17.3 Å². The molecule has 1 nitrogen and oxygen atoms in total. The van der Waals surface area contributed by atoms with E-state index in [2.05, 4.69) is 6.58 Å². The molecule has 0 unspecified atom stereocenters. The second kappa shape index (κ2) is 8.05. The first-order valence-corrected chi connectivity index (χ1v) is 6.63. The molecule has 2 heteroatoms. The minimum Gasteiger partial charge on any atom is -0.508 e. The highest BCUT2D eigenvalue weighted by Gasteiger charge is 2.00. The lowest BCUT2D eigenvalue weighted by molar-refractivity contribution is 0.471. The summed E-state index contributed by atoms with van der Waals surface area (Å²) in [6.07, 6.45) is 3.83. The van der Waals surface area contributed by atoms with Gasteiger partial charge in [0.1, 0.15) is 5.75 Å². The summed E-state index contributed by atoms with van der Waals surface area (Å²) in [5, 5.41) is 11.4. The molecule has 0 fully saturated rings. The molecular formula is C14H20OS. The third-order valence-electron chi connectivity index (χ3n) is 1.99. The Labute approximate surface area is 103 Å². The van der Waals surface area contributed by atoms with E-state index in [-0.39, 0.29) is 0 Å². The molecule has 0 aliphatic carbocycles. The Morgan fingerprint density at radius 2 is 2.00 bits per heavy atom. The summed E-state index contributed by atoms with van der Waals surface area (Å²) in [6, 6.07) is 5.56. The molecular weight excluding hydrogens is 216 g/mol. The minimum atomic E-state index is 0.335. The summed E-state index contributed by atoms with van der Waals surface area (Å²) in [4.78, 5) is 0. The van der Waals surface area contributed by atoms with Crippen LogP contribution < -0.4 is 0 Å². The molecule has 0 aliphatic heterocycles. The van der Waals surface area contributed by atoms with E-state index in [1.54, 1.807) is 17.8 Å². The molecule has 0 saturated carbocycles. The number of hydrogen-bond acceptors (Lipinski definition) is 2. The molecule has 0 heterocycles. The van der Waals surface area contributed by atoms with Crippen LogP contribution in [0.4, 0.5) is 0 Å². The Balaban J connectivity index is 0.00000106. The normalized spacial score (nSPS) is 10.4. The van der Waals surface area contributed by atoms with E-state index in [0.717, 1.165) is 16.7 Å². The molecule has 1 N–H and O–H groups in total. The zero-order valence-corrected chi connectivity index (χ0v) is 11.3. The number of benzene rings is 1. The quantitative estimate of drug-likeness (QED) is 0.773. The Kier molecular flexibility index (Phi) is 7.48. The van der Waals surface area contributed by atoms with E-state index >= 15 is 0 Å². The lowest BCUT2D eigenvalue weighted by Crippen LogP contribution is -1.82. The fourth-order valence-electron chi connectivity index (χ4n) is 1.20. The highest BCUT2D eigenvalue weighted by atomic mass is 32.2. The summed E-state index contributed by atoms with van der Waals surface area (Å²) < 4.78 is 0. The van der Waals surface area contributed by atoms with Crippen LogP contribution in [0.25, 0.3) is 5.57 Å². The third-order valence-corrected chi connectivity index (χ3v) is 2.48. The van der Waals surface area contributed by atoms with Crippen LogP contribution in [0.3, 0.4) is 0 Å². The molecule has 0 aromatic heterocycles. The molecule has 16 heavy (non-hydrogen) atoms. The van der Waals surface area contributed by atoms with E-state index in [9.17, 15) is 5.11 Å². The molecule has 0 saturated heterocycles. The van der Waals surface area contributed by atoms with Crippen LogP contribution in [0.5, 0.6) is 5.75 Å². The van der Waals surface area contributed by atoms with Gasteiger partial charge < -0.3 is 5.11 Å². The van der Waals surface area contributed by atoms with Crippen molar-refractivity contribution in [1.82, 2.24) is 0 Å². The molecule has 1 aromatic carbocycles. The first-order valence-electron chi connectivity index (χ1n) is 5.34. The van der Waals surface area contributed by atoms with Gasteiger partial charge >= 0.3 is 0 Å². The van der Waals surface area contributed by atoms with Crippen molar-refractivity contribution in [2.24, 2.45) is 0 Å². The number of aromatic hydroxyl groups is 1. The molecule has 88 valence electrons. The number of thioether (sulfide) groups is 1. The topological polar surface area (TPSA) is 20.2 Å². The Morgan fingerprint density at radius 1 is 1.38 bits per heavy atom. The predicted molar refractivity (Wildman–Crippen MR) is 75.9 cm³/mol. The first kappa shape index (κ1) is 14.8. The van der Waals surface area contributed by atoms with Gasteiger partial charge in [-0.1, -0.05) is 32.6 Å². The SMILES string of the molecule is C=C/C(=C\SC)c1ccc(O)c(C)c1.CC. The number of allylic oxidation sites excluding steroid dienone is 2. The van der Waals surface area contributed by atoms with Crippen molar-refractivity contribution in [2.75, 3.05) is 6.26 Å². The van der Waals surface area contributed by atoms with Crippen molar-refractivity contribution in [2.45, 2.75) is 20.8 Å². The maximum absolute atomic E-state index is 9.38. The molecule has 0 amide bonds. The summed E-state index contributed by atoms with van der Waals surface area (Å²) in [7, 11) is 0. The van der Waals surface area contributed by atoms with Gasteiger partial charge in [-0.25, -0.2) is 0 Å². The summed E-state index contributed by atoms with van der Waals surface area (Å²) in [6.45, 7) is 9.65. The second-order valence-electron chi connectivity index (χ2n) is 3.01. The highest BCUT2D eigenvalue weighted by Crippen LogP contribution is 2.24. The zero-order valence-electron chi connectivity index (χ0n) is 10.4. The van der Waals surface area contributed by atoms with Gasteiger partial charge in [-0.05, 0) is 47.4 Å². The molecule has 0 bridgehead atoms. The van der Waals surface area contributed by atoms with E-state index in [0.29, 0.717) is 5.75 Å². The fourth-order valence-corrected chi connectivity index (χ4v) is 1.68. The smallest absolute Gasteiger partial charge is 0.118 e. The van der Waals surface area contributed by atoms with Crippen molar-refractivity contribution < 1.29 is 5.11 Å². The molecule has 1 rings (SSSR count). The maximum atomic E-state index is 9.38. The van der Waals surface area contributed by atoms with Crippen LogP contribution in [0, 0.1) is 6.92 Å². The second-order valence-corrected chi connectivity index (χ2v) is 3.72. The Hall–Kier alpha value is -1.15. The van der Waals surface area contributed by atoms with Crippen molar-refractivity contribution in [3.63, 3.8) is 0 Å². The standard InChI is InChI=1S/C12H14OS.C2H6/c1-4-10(8-14-3)11-5-6-12(13)9(2)7-11;1-2/h4-8,13H,1H2,2-3H3;1-2H3/b10-8+;. The average Bonchev–Trinajstić information content (AvgIpc) is 2.32.